The maximum atomic E-state index is 11.9. The number of carbonyl (C=O) groups excluding carboxylic acids is 1. The number of amides is 1. The molecule has 1 aliphatic rings. The number of aliphatic hydroxyl groups is 1. The van der Waals surface area contributed by atoms with E-state index >= 15 is 0 Å². The van der Waals surface area contributed by atoms with Gasteiger partial charge in [0.15, 0.2) is 0 Å². The fourth-order valence-electron chi connectivity index (χ4n) is 2.44. The molecule has 0 aromatic carbocycles. The van der Waals surface area contributed by atoms with Crippen LogP contribution in [0.5, 0.6) is 0 Å². The van der Waals surface area contributed by atoms with Gasteiger partial charge in [-0.25, -0.2) is 4.79 Å². The third kappa shape index (κ3) is 4.35. The molecule has 0 aliphatic carbocycles. The molecule has 1 amide bonds. The summed E-state index contributed by atoms with van der Waals surface area (Å²) in [5, 5.41) is 12.7. The first-order chi connectivity index (χ1) is 8.72. The zero-order chi connectivity index (χ0) is 14.7. The molecule has 0 spiro atoms. The lowest BCUT2D eigenvalue weighted by Gasteiger charge is -2.41. The van der Waals surface area contributed by atoms with E-state index in [1.807, 2.05) is 34.7 Å². The van der Waals surface area contributed by atoms with Gasteiger partial charge in [-0.3, -0.25) is 0 Å². The van der Waals surface area contributed by atoms with Crippen molar-refractivity contribution in [2.24, 2.45) is 5.92 Å². The Morgan fingerprint density at radius 1 is 1.32 bits per heavy atom. The highest BCUT2D eigenvalue weighted by Crippen LogP contribution is 2.28. The van der Waals surface area contributed by atoms with Crippen LogP contribution < -0.4 is 5.32 Å². The maximum absolute atomic E-state index is 11.9. The fourth-order valence-corrected chi connectivity index (χ4v) is 2.44. The number of aliphatic hydroxyl groups excluding tert-OH is 1. The van der Waals surface area contributed by atoms with E-state index < -0.39 is 5.60 Å². The van der Waals surface area contributed by atoms with Crippen LogP contribution in [0.3, 0.4) is 0 Å². The summed E-state index contributed by atoms with van der Waals surface area (Å²) in [6.07, 6.45) is 1.54. The molecule has 1 heterocycles. The first-order valence-electron chi connectivity index (χ1n) is 6.99. The number of piperidine rings is 1. The molecule has 1 saturated heterocycles. The molecule has 0 unspecified atom stereocenters. The number of ether oxygens (including phenoxy) is 1. The molecule has 2 N–H and O–H groups in total. The predicted molar refractivity (Wildman–Crippen MR) is 75.1 cm³/mol. The Morgan fingerprint density at radius 3 is 2.21 bits per heavy atom. The van der Waals surface area contributed by atoms with Crippen LogP contribution in [0.4, 0.5) is 4.79 Å². The van der Waals surface area contributed by atoms with Gasteiger partial charge in [-0.05, 0) is 53.5 Å². The molecule has 1 atom stereocenters. The van der Waals surface area contributed by atoms with Crippen molar-refractivity contribution in [3.8, 4) is 0 Å². The first kappa shape index (κ1) is 16.2. The van der Waals surface area contributed by atoms with Gasteiger partial charge < -0.3 is 20.1 Å². The van der Waals surface area contributed by atoms with E-state index in [2.05, 4.69) is 5.32 Å². The molecule has 0 aromatic rings. The molecule has 0 bridgehead atoms. The lowest BCUT2D eigenvalue weighted by Crippen LogP contribution is -2.54. The highest BCUT2D eigenvalue weighted by atomic mass is 16.6. The molecule has 5 heteroatoms. The summed E-state index contributed by atoms with van der Waals surface area (Å²) in [6.45, 7) is 9.15. The van der Waals surface area contributed by atoms with Gasteiger partial charge in [0.2, 0.25) is 0 Å². The molecule has 0 radical (unpaired) electrons. The highest BCUT2D eigenvalue weighted by molar-refractivity contribution is 5.68. The minimum atomic E-state index is -0.446. The van der Waals surface area contributed by atoms with Crippen molar-refractivity contribution in [2.75, 3.05) is 26.7 Å². The Kier molecular flexibility index (Phi) is 5.21. The number of nitrogens with one attached hydrogen (secondary N) is 1. The van der Waals surface area contributed by atoms with Crippen molar-refractivity contribution in [1.29, 1.82) is 0 Å². The zero-order valence-electron chi connectivity index (χ0n) is 12.8. The molecule has 1 fully saturated rings. The van der Waals surface area contributed by atoms with Gasteiger partial charge in [0.1, 0.15) is 5.60 Å². The lowest BCUT2D eigenvalue weighted by atomic mass is 9.79. The Bertz CT molecular complexity index is 300. The number of rotatable bonds is 3. The van der Waals surface area contributed by atoms with Crippen molar-refractivity contribution in [3.63, 3.8) is 0 Å². The van der Waals surface area contributed by atoms with E-state index in [-0.39, 0.29) is 18.2 Å². The predicted octanol–water partition coefficient (Wildman–Crippen LogP) is 1.60. The summed E-state index contributed by atoms with van der Waals surface area (Å²) in [5.41, 5.74) is -0.710. The van der Waals surface area contributed by atoms with E-state index in [1.54, 1.807) is 4.90 Å². The van der Waals surface area contributed by atoms with Gasteiger partial charge in [-0.2, -0.15) is 0 Å². The van der Waals surface area contributed by atoms with Gasteiger partial charge in [0, 0.05) is 18.6 Å². The monoisotopic (exact) mass is 272 g/mol. The van der Waals surface area contributed by atoms with E-state index in [0.29, 0.717) is 19.0 Å². The molecule has 0 saturated carbocycles. The molecular weight excluding hydrogens is 244 g/mol. The Hall–Kier alpha value is -0.810. The third-order valence-electron chi connectivity index (χ3n) is 3.95. The van der Waals surface area contributed by atoms with Crippen LogP contribution >= 0.6 is 0 Å². The third-order valence-corrected chi connectivity index (χ3v) is 3.95. The van der Waals surface area contributed by atoms with Crippen LogP contribution in [-0.4, -0.2) is 54.0 Å². The molecule has 1 rings (SSSR count). The van der Waals surface area contributed by atoms with Gasteiger partial charge in [0.25, 0.3) is 0 Å². The lowest BCUT2D eigenvalue weighted by molar-refractivity contribution is 0.0106. The molecule has 0 aromatic heterocycles. The number of likely N-dealkylation sites (tertiary alicyclic amines) is 1. The summed E-state index contributed by atoms with van der Waals surface area (Å²) in [7, 11) is 1.87. The van der Waals surface area contributed by atoms with E-state index in [1.165, 1.54) is 0 Å². The van der Waals surface area contributed by atoms with E-state index in [4.69, 9.17) is 4.74 Å². The van der Waals surface area contributed by atoms with E-state index in [9.17, 15) is 9.90 Å². The van der Waals surface area contributed by atoms with Crippen LogP contribution in [0.15, 0.2) is 0 Å². The van der Waals surface area contributed by atoms with Gasteiger partial charge in [0.05, 0.1) is 6.61 Å². The van der Waals surface area contributed by atoms with Crippen molar-refractivity contribution in [1.82, 2.24) is 10.2 Å². The first-order valence-corrected chi connectivity index (χ1v) is 6.99. The van der Waals surface area contributed by atoms with E-state index in [0.717, 1.165) is 12.8 Å². The summed E-state index contributed by atoms with van der Waals surface area (Å²) in [4.78, 5) is 13.7. The average molecular weight is 272 g/mol. The number of hydrogen-bond donors (Lipinski definition) is 2. The van der Waals surface area contributed by atoms with Crippen molar-refractivity contribution >= 4 is 6.09 Å². The maximum Gasteiger partial charge on any atom is 0.410 e. The Labute approximate surface area is 116 Å². The quantitative estimate of drug-likeness (QED) is 0.819. The number of likely N-dealkylation sites (N-methyl/N-ethyl adjacent to an activating group) is 1. The normalized spacial score (nSPS) is 21.1. The summed E-state index contributed by atoms with van der Waals surface area (Å²) < 4.78 is 5.37. The van der Waals surface area contributed by atoms with Crippen LogP contribution in [0.2, 0.25) is 0 Å². The minimum absolute atomic E-state index is 0.112. The van der Waals surface area contributed by atoms with Crippen LogP contribution in [0.25, 0.3) is 0 Å². The smallest absolute Gasteiger partial charge is 0.410 e. The number of nitrogens with zero attached hydrogens (tertiary/aromatic N) is 1. The standard InChI is InChI=1S/C14H28N2O3/c1-13(2,3)19-12(18)16-8-6-11(7-9-16)14(4,10-17)15-5/h11,15,17H,6-10H2,1-5H3/t14-/m0/s1. The number of carbonyl (C=O) groups is 1. The molecule has 19 heavy (non-hydrogen) atoms. The van der Waals surface area contributed by atoms with Gasteiger partial charge in [-0.15, -0.1) is 0 Å². The topological polar surface area (TPSA) is 61.8 Å². The van der Waals surface area contributed by atoms with Crippen LogP contribution in [-0.2, 0) is 4.74 Å². The zero-order valence-corrected chi connectivity index (χ0v) is 12.8. The Balaban J connectivity index is 2.51. The van der Waals surface area contributed by atoms with Crippen LogP contribution in [0.1, 0.15) is 40.5 Å². The molecule has 5 nitrogen and oxygen atoms in total. The fraction of sp³-hybridized carbons (Fsp3) is 0.929. The van der Waals surface area contributed by atoms with Gasteiger partial charge >= 0.3 is 6.09 Å². The summed E-state index contributed by atoms with van der Waals surface area (Å²) in [6, 6.07) is 0. The second-order valence-electron chi connectivity index (χ2n) is 6.57. The second-order valence-corrected chi connectivity index (χ2v) is 6.57. The Morgan fingerprint density at radius 2 is 1.84 bits per heavy atom. The minimum Gasteiger partial charge on any atom is -0.444 e. The largest absolute Gasteiger partial charge is 0.444 e. The molecular formula is C14H28N2O3. The number of hydrogen-bond acceptors (Lipinski definition) is 4. The molecule has 1 aliphatic heterocycles. The average Bonchev–Trinajstić information content (AvgIpc) is 2.36. The van der Waals surface area contributed by atoms with Crippen molar-refractivity contribution in [3.05, 3.63) is 0 Å². The summed E-state index contributed by atoms with van der Waals surface area (Å²) in [5.74, 6) is 0.376. The van der Waals surface area contributed by atoms with Gasteiger partial charge in [-0.1, -0.05) is 0 Å². The second kappa shape index (κ2) is 6.09. The van der Waals surface area contributed by atoms with Crippen LogP contribution in [0, 0.1) is 5.92 Å². The molecule has 112 valence electrons. The van der Waals surface area contributed by atoms with Crippen molar-refractivity contribution in [2.45, 2.75) is 51.7 Å². The SMILES string of the molecule is CN[C@@](C)(CO)C1CCN(C(=O)OC(C)(C)C)CC1. The highest BCUT2D eigenvalue weighted by Gasteiger charge is 2.36. The van der Waals surface area contributed by atoms with Crippen molar-refractivity contribution < 1.29 is 14.6 Å². The summed E-state index contributed by atoms with van der Waals surface area (Å²) >= 11 is 0.